The molecule has 1 unspecified atom stereocenters. The van der Waals surface area contributed by atoms with Crippen LogP contribution in [0.5, 0.6) is 0 Å². The molecule has 0 saturated carbocycles. The SMILES string of the molecule is Cc1c(C2CCCN2C)[nH]n(-c2nc3ccccc3[nH]2)c1=O. The van der Waals surface area contributed by atoms with Crippen molar-refractivity contribution in [1.29, 1.82) is 0 Å². The number of benzene rings is 1. The van der Waals surface area contributed by atoms with Gasteiger partial charge in [-0.3, -0.25) is 14.8 Å². The summed E-state index contributed by atoms with van der Waals surface area (Å²) >= 11 is 0. The van der Waals surface area contributed by atoms with Crippen LogP contribution in [-0.2, 0) is 0 Å². The topological polar surface area (TPSA) is 69.7 Å². The van der Waals surface area contributed by atoms with Crippen LogP contribution >= 0.6 is 0 Å². The van der Waals surface area contributed by atoms with Crippen molar-refractivity contribution in [2.45, 2.75) is 25.8 Å². The number of aromatic amines is 2. The van der Waals surface area contributed by atoms with Crippen LogP contribution in [0.25, 0.3) is 17.0 Å². The van der Waals surface area contributed by atoms with E-state index in [-0.39, 0.29) is 5.56 Å². The Morgan fingerprint density at radius 1 is 1.32 bits per heavy atom. The van der Waals surface area contributed by atoms with Gasteiger partial charge in [0.2, 0.25) is 5.95 Å². The molecule has 4 rings (SSSR count). The molecule has 0 aliphatic carbocycles. The van der Waals surface area contributed by atoms with Gasteiger partial charge < -0.3 is 4.98 Å². The molecular formula is C16H19N5O. The van der Waals surface area contributed by atoms with Crippen molar-refractivity contribution in [3.05, 3.63) is 45.9 Å². The van der Waals surface area contributed by atoms with E-state index in [4.69, 9.17) is 0 Å². The number of rotatable bonds is 2. The molecule has 1 saturated heterocycles. The Hall–Kier alpha value is -2.34. The minimum atomic E-state index is -0.0330. The fraction of sp³-hybridized carbons (Fsp3) is 0.375. The van der Waals surface area contributed by atoms with Crippen molar-refractivity contribution in [3.8, 4) is 5.95 Å². The van der Waals surface area contributed by atoms with Gasteiger partial charge >= 0.3 is 0 Å². The maximum atomic E-state index is 12.6. The summed E-state index contributed by atoms with van der Waals surface area (Å²) < 4.78 is 1.52. The van der Waals surface area contributed by atoms with E-state index in [1.165, 1.54) is 11.1 Å². The highest BCUT2D eigenvalue weighted by Crippen LogP contribution is 2.30. The second-order valence-electron chi connectivity index (χ2n) is 6.01. The predicted molar refractivity (Wildman–Crippen MR) is 85.4 cm³/mol. The molecule has 1 aliphatic heterocycles. The van der Waals surface area contributed by atoms with Crippen molar-refractivity contribution in [3.63, 3.8) is 0 Å². The molecule has 0 radical (unpaired) electrons. The minimum Gasteiger partial charge on any atom is -0.322 e. The molecule has 0 amide bonds. The maximum absolute atomic E-state index is 12.6. The number of hydrogen-bond acceptors (Lipinski definition) is 3. The standard InChI is InChI=1S/C16H19N5O/c1-10-14(13-8-5-9-20(13)2)19-21(15(10)22)16-17-11-6-3-4-7-12(11)18-16/h3-4,6-7,13,19H,5,8-9H2,1-2H3,(H,17,18). The van der Waals surface area contributed by atoms with E-state index < -0.39 is 0 Å². The number of H-pyrrole nitrogens is 2. The fourth-order valence-electron chi connectivity index (χ4n) is 3.33. The molecule has 3 aromatic rings. The summed E-state index contributed by atoms with van der Waals surface area (Å²) in [6.07, 6.45) is 2.25. The van der Waals surface area contributed by atoms with Gasteiger partial charge in [0.15, 0.2) is 0 Å². The summed E-state index contributed by atoms with van der Waals surface area (Å²) in [7, 11) is 2.11. The second-order valence-corrected chi connectivity index (χ2v) is 6.01. The van der Waals surface area contributed by atoms with E-state index in [1.807, 2.05) is 31.2 Å². The average molecular weight is 297 g/mol. The van der Waals surface area contributed by atoms with E-state index in [9.17, 15) is 4.79 Å². The fourth-order valence-corrected chi connectivity index (χ4v) is 3.33. The number of aromatic nitrogens is 4. The number of imidazole rings is 1. The first-order valence-corrected chi connectivity index (χ1v) is 7.62. The van der Waals surface area contributed by atoms with Gasteiger partial charge in [-0.15, -0.1) is 0 Å². The van der Waals surface area contributed by atoms with Crippen molar-refractivity contribution in [2.75, 3.05) is 13.6 Å². The zero-order valence-corrected chi connectivity index (χ0v) is 12.8. The molecule has 0 bridgehead atoms. The van der Waals surface area contributed by atoms with Crippen LogP contribution in [0.2, 0.25) is 0 Å². The summed E-state index contributed by atoms with van der Waals surface area (Å²) in [6, 6.07) is 8.07. The summed E-state index contributed by atoms with van der Waals surface area (Å²) in [6.45, 7) is 2.96. The van der Waals surface area contributed by atoms with E-state index >= 15 is 0 Å². The molecule has 114 valence electrons. The Morgan fingerprint density at radius 3 is 2.86 bits per heavy atom. The van der Waals surface area contributed by atoms with Crippen LogP contribution in [0.15, 0.2) is 29.1 Å². The van der Waals surface area contributed by atoms with Crippen molar-refractivity contribution in [2.24, 2.45) is 0 Å². The molecule has 2 aromatic heterocycles. The molecule has 2 N–H and O–H groups in total. The first-order valence-electron chi connectivity index (χ1n) is 7.62. The van der Waals surface area contributed by atoms with E-state index in [2.05, 4.69) is 27.0 Å². The Labute approximate surface area is 127 Å². The lowest BCUT2D eigenvalue weighted by atomic mass is 10.1. The van der Waals surface area contributed by atoms with Crippen molar-refractivity contribution >= 4 is 11.0 Å². The summed E-state index contributed by atoms with van der Waals surface area (Å²) in [4.78, 5) is 22.6. The monoisotopic (exact) mass is 297 g/mol. The lowest BCUT2D eigenvalue weighted by Crippen LogP contribution is -2.18. The van der Waals surface area contributed by atoms with Gasteiger partial charge in [-0.1, -0.05) is 12.1 Å². The van der Waals surface area contributed by atoms with Crippen LogP contribution in [0.3, 0.4) is 0 Å². The second kappa shape index (κ2) is 4.84. The number of likely N-dealkylation sites (tertiary alicyclic amines) is 1. The Bertz CT molecular complexity index is 854. The van der Waals surface area contributed by atoms with Gasteiger partial charge in [-0.2, -0.15) is 4.68 Å². The molecule has 1 atom stereocenters. The lowest BCUT2D eigenvalue weighted by molar-refractivity contribution is 0.310. The van der Waals surface area contributed by atoms with Gasteiger partial charge in [0.1, 0.15) is 0 Å². The Balaban J connectivity index is 1.84. The molecular weight excluding hydrogens is 278 g/mol. The first-order chi connectivity index (χ1) is 10.6. The first kappa shape index (κ1) is 13.3. The Kier molecular flexibility index (Phi) is 2.94. The summed E-state index contributed by atoms with van der Waals surface area (Å²) in [5.74, 6) is 0.543. The Morgan fingerprint density at radius 2 is 2.14 bits per heavy atom. The molecule has 0 spiro atoms. The molecule has 6 heteroatoms. The highest BCUT2D eigenvalue weighted by atomic mass is 16.1. The third kappa shape index (κ3) is 1.91. The maximum Gasteiger partial charge on any atom is 0.277 e. The smallest absolute Gasteiger partial charge is 0.277 e. The van der Waals surface area contributed by atoms with Crippen LogP contribution in [0, 0.1) is 6.92 Å². The average Bonchev–Trinajstić information content (AvgIpc) is 3.19. The molecule has 22 heavy (non-hydrogen) atoms. The van der Waals surface area contributed by atoms with Crippen LogP contribution in [0.1, 0.15) is 30.1 Å². The molecule has 1 fully saturated rings. The molecule has 3 heterocycles. The van der Waals surface area contributed by atoms with Crippen LogP contribution in [0.4, 0.5) is 0 Å². The third-order valence-electron chi connectivity index (χ3n) is 4.60. The highest BCUT2D eigenvalue weighted by Gasteiger charge is 2.27. The van der Waals surface area contributed by atoms with Gasteiger partial charge in [0.05, 0.1) is 22.8 Å². The van der Waals surface area contributed by atoms with Gasteiger partial charge in [0, 0.05) is 5.56 Å². The van der Waals surface area contributed by atoms with E-state index in [0.29, 0.717) is 12.0 Å². The largest absolute Gasteiger partial charge is 0.322 e. The number of hydrogen-bond donors (Lipinski definition) is 2. The normalized spacial score (nSPS) is 19.3. The minimum absolute atomic E-state index is 0.0330. The number of nitrogens with zero attached hydrogens (tertiary/aromatic N) is 3. The lowest BCUT2D eigenvalue weighted by Gasteiger charge is -2.18. The summed E-state index contributed by atoms with van der Waals surface area (Å²) in [5, 5.41) is 3.27. The predicted octanol–water partition coefficient (Wildman–Crippen LogP) is 2.12. The summed E-state index contributed by atoms with van der Waals surface area (Å²) in [5.41, 5.74) is 3.53. The van der Waals surface area contributed by atoms with Gasteiger partial charge in [-0.25, -0.2) is 4.98 Å². The van der Waals surface area contributed by atoms with Crippen molar-refractivity contribution in [1.82, 2.24) is 24.6 Å². The van der Waals surface area contributed by atoms with Gasteiger partial charge in [0.25, 0.3) is 5.56 Å². The van der Waals surface area contributed by atoms with Crippen LogP contribution < -0.4 is 5.56 Å². The number of para-hydroxylation sites is 2. The highest BCUT2D eigenvalue weighted by molar-refractivity contribution is 5.75. The number of fused-ring (bicyclic) bond motifs is 1. The zero-order valence-electron chi connectivity index (χ0n) is 12.8. The molecule has 1 aliphatic rings. The molecule has 6 nitrogen and oxygen atoms in total. The van der Waals surface area contributed by atoms with E-state index in [0.717, 1.165) is 35.3 Å². The van der Waals surface area contributed by atoms with E-state index in [1.54, 1.807) is 0 Å². The molecule has 1 aromatic carbocycles. The zero-order chi connectivity index (χ0) is 15.3. The number of nitrogens with one attached hydrogen (secondary N) is 2. The quantitative estimate of drug-likeness (QED) is 0.761. The van der Waals surface area contributed by atoms with Crippen molar-refractivity contribution < 1.29 is 0 Å². The third-order valence-corrected chi connectivity index (χ3v) is 4.60. The van der Waals surface area contributed by atoms with Gasteiger partial charge in [-0.05, 0) is 45.5 Å². The van der Waals surface area contributed by atoms with Crippen LogP contribution in [-0.4, -0.2) is 38.2 Å².